The quantitative estimate of drug-likeness (QED) is 0.742. The molecule has 15 heavy (non-hydrogen) atoms. The van der Waals surface area contributed by atoms with Crippen LogP contribution in [0, 0.1) is 0 Å². The zero-order chi connectivity index (χ0) is 10.5. The Morgan fingerprint density at radius 2 is 2.07 bits per heavy atom. The molecule has 0 amide bonds. The van der Waals surface area contributed by atoms with Crippen molar-refractivity contribution in [3.05, 3.63) is 35.4 Å². The van der Waals surface area contributed by atoms with E-state index in [0.717, 1.165) is 0 Å². The first-order chi connectivity index (χ1) is 7.40. The predicted molar refractivity (Wildman–Crippen MR) is 65.2 cm³/mol. The van der Waals surface area contributed by atoms with Crippen LogP contribution < -0.4 is 5.32 Å². The number of hydrogen-bond acceptors (Lipinski definition) is 1. The van der Waals surface area contributed by atoms with Gasteiger partial charge in [-0.15, -0.1) is 0 Å². The van der Waals surface area contributed by atoms with Gasteiger partial charge in [-0.25, -0.2) is 0 Å². The van der Waals surface area contributed by atoms with Crippen LogP contribution in [-0.2, 0) is 12.8 Å². The van der Waals surface area contributed by atoms with Gasteiger partial charge in [-0.05, 0) is 43.4 Å². The summed E-state index contributed by atoms with van der Waals surface area (Å²) >= 11 is 0. The molecule has 82 valence electrons. The second kappa shape index (κ2) is 5.32. The van der Waals surface area contributed by atoms with Crippen LogP contribution >= 0.6 is 0 Å². The molecule has 1 aromatic carbocycles. The fourth-order valence-corrected chi connectivity index (χ4v) is 2.35. The molecule has 1 nitrogen and oxygen atoms in total. The summed E-state index contributed by atoms with van der Waals surface area (Å²) in [6.07, 6.45) is 6.37. The molecule has 1 N–H and O–H groups in total. The van der Waals surface area contributed by atoms with E-state index >= 15 is 0 Å². The SMILES string of the molecule is CCCCN[C@H]1CCc2ccccc2C1. The van der Waals surface area contributed by atoms with E-state index in [1.54, 1.807) is 11.1 Å². The number of benzene rings is 1. The van der Waals surface area contributed by atoms with Crippen LogP contribution in [0.3, 0.4) is 0 Å². The van der Waals surface area contributed by atoms with Gasteiger partial charge in [-0.3, -0.25) is 0 Å². The molecule has 2 rings (SSSR count). The van der Waals surface area contributed by atoms with Crippen molar-refractivity contribution in [3.63, 3.8) is 0 Å². The minimum Gasteiger partial charge on any atom is -0.314 e. The van der Waals surface area contributed by atoms with Crippen molar-refractivity contribution >= 4 is 0 Å². The normalized spacial score (nSPS) is 19.9. The summed E-state index contributed by atoms with van der Waals surface area (Å²) in [6, 6.07) is 9.59. The maximum absolute atomic E-state index is 3.66. The molecule has 0 unspecified atom stereocenters. The van der Waals surface area contributed by atoms with Gasteiger partial charge in [-0.1, -0.05) is 37.6 Å². The first-order valence-corrected chi connectivity index (χ1v) is 6.20. The van der Waals surface area contributed by atoms with E-state index in [-0.39, 0.29) is 0 Å². The summed E-state index contributed by atoms with van der Waals surface area (Å²) in [5.41, 5.74) is 3.11. The lowest BCUT2D eigenvalue weighted by Crippen LogP contribution is -2.35. The minimum atomic E-state index is 0.714. The molecule has 1 aliphatic rings. The highest BCUT2D eigenvalue weighted by Crippen LogP contribution is 2.20. The molecular formula is C14H21N. The van der Waals surface area contributed by atoms with Crippen LogP contribution in [0.2, 0.25) is 0 Å². The van der Waals surface area contributed by atoms with Gasteiger partial charge < -0.3 is 5.32 Å². The van der Waals surface area contributed by atoms with Crippen molar-refractivity contribution in [2.24, 2.45) is 0 Å². The third-order valence-electron chi connectivity index (χ3n) is 3.31. The van der Waals surface area contributed by atoms with Gasteiger partial charge in [0.05, 0.1) is 0 Å². The molecule has 1 aliphatic carbocycles. The van der Waals surface area contributed by atoms with Gasteiger partial charge in [0.15, 0.2) is 0 Å². The van der Waals surface area contributed by atoms with E-state index in [4.69, 9.17) is 0 Å². The highest BCUT2D eigenvalue weighted by Gasteiger charge is 2.16. The summed E-state index contributed by atoms with van der Waals surface area (Å²) in [5.74, 6) is 0. The monoisotopic (exact) mass is 203 g/mol. The van der Waals surface area contributed by atoms with Crippen molar-refractivity contribution in [2.75, 3.05) is 6.54 Å². The van der Waals surface area contributed by atoms with E-state index < -0.39 is 0 Å². The Bertz CT molecular complexity index is 306. The Morgan fingerprint density at radius 3 is 2.87 bits per heavy atom. The number of fused-ring (bicyclic) bond motifs is 1. The molecule has 1 atom stereocenters. The lowest BCUT2D eigenvalue weighted by atomic mass is 9.88. The largest absolute Gasteiger partial charge is 0.314 e. The summed E-state index contributed by atoms with van der Waals surface area (Å²) in [6.45, 7) is 3.43. The number of hydrogen-bond donors (Lipinski definition) is 1. The maximum atomic E-state index is 3.66. The van der Waals surface area contributed by atoms with Crippen molar-refractivity contribution < 1.29 is 0 Å². The van der Waals surface area contributed by atoms with E-state index in [1.807, 2.05) is 0 Å². The van der Waals surface area contributed by atoms with Gasteiger partial charge >= 0.3 is 0 Å². The Balaban J connectivity index is 1.88. The number of nitrogens with one attached hydrogen (secondary N) is 1. The minimum absolute atomic E-state index is 0.714. The number of rotatable bonds is 4. The zero-order valence-electron chi connectivity index (χ0n) is 9.63. The van der Waals surface area contributed by atoms with E-state index in [2.05, 4.69) is 36.5 Å². The van der Waals surface area contributed by atoms with Crippen LogP contribution in [0.15, 0.2) is 24.3 Å². The lowest BCUT2D eigenvalue weighted by molar-refractivity contribution is 0.453. The van der Waals surface area contributed by atoms with Gasteiger partial charge in [0.1, 0.15) is 0 Å². The smallest absolute Gasteiger partial charge is 0.0111 e. The van der Waals surface area contributed by atoms with Crippen LogP contribution in [0.25, 0.3) is 0 Å². The Hall–Kier alpha value is -0.820. The molecule has 1 heteroatoms. The van der Waals surface area contributed by atoms with Crippen LogP contribution in [0.4, 0.5) is 0 Å². The van der Waals surface area contributed by atoms with E-state index in [1.165, 1.54) is 38.6 Å². The highest BCUT2D eigenvalue weighted by molar-refractivity contribution is 5.30. The third kappa shape index (κ3) is 2.82. The maximum Gasteiger partial charge on any atom is 0.0111 e. The zero-order valence-corrected chi connectivity index (χ0v) is 9.63. The summed E-state index contributed by atoms with van der Waals surface area (Å²) in [5, 5.41) is 3.66. The van der Waals surface area contributed by atoms with Gasteiger partial charge in [0, 0.05) is 6.04 Å². The number of aryl methyl sites for hydroxylation is 1. The first kappa shape index (κ1) is 10.7. The van der Waals surface area contributed by atoms with Crippen LogP contribution in [0.5, 0.6) is 0 Å². The average Bonchev–Trinajstić information content (AvgIpc) is 2.29. The van der Waals surface area contributed by atoms with Crippen molar-refractivity contribution in [1.29, 1.82) is 0 Å². The molecule has 0 radical (unpaired) electrons. The second-order valence-corrected chi connectivity index (χ2v) is 4.52. The fourth-order valence-electron chi connectivity index (χ4n) is 2.35. The fraction of sp³-hybridized carbons (Fsp3) is 0.571. The molecule has 0 saturated heterocycles. The average molecular weight is 203 g/mol. The summed E-state index contributed by atoms with van der Waals surface area (Å²) in [4.78, 5) is 0. The Morgan fingerprint density at radius 1 is 1.27 bits per heavy atom. The van der Waals surface area contributed by atoms with Crippen molar-refractivity contribution in [3.8, 4) is 0 Å². The molecule has 0 aromatic heterocycles. The molecule has 0 spiro atoms. The molecule has 0 bridgehead atoms. The Labute approximate surface area is 92.9 Å². The molecule has 0 aliphatic heterocycles. The van der Waals surface area contributed by atoms with Gasteiger partial charge in [0.25, 0.3) is 0 Å². The summed E-state index contributed by atoms with van der Waals surface area (Å²) < 4.78 is 0. The van der Waals surface area contributed by atoms with Gasteiger partial charge in [0.2, 0.25) is 0 Å². The van der Waals surface area contributed by atoms with Crippen LogP contribution in [-0.4, -0.2) is 12.6 Å². The van der Waals surface area contributed by atoms with E-state index in [9.17, 15) is 0 Å². The molecular weight excluding hydrogens is 182 g/mol. The predicted octanol–water partition coefficient (Wildman–Crippen LogP) is 2.93. The third-order valence-corrected chi connectivity index (χ3v) is 3.31. The topological polar surface area (TPSA) is 12.0 Å². The standard InChI is InChI=1S/C14H21N/c1-2-3-10-15-14-9-8-12-6-4-5-7-13(12)11-14/h4-7,14-15H,2-3,8-11H2,1H3/t14-/m0/s1. The second-order valence-electron chi connectivity index (χ2n) is 4.52. The van der Waals surface area contributed by atoms with Crippen molar-refractivity contribution in [2.45, 2.75) is 45.1 Å². The lowest BCUT2D eigenvalue weighted by Gasteiger charge is -2.25. The van der Waals surface area contributed by atoms with Gasteiger partial charge in [-0.2, -0.15) is 0 Å². The summed E-state index contributed by atoms with van der Waals surface area (Å²) in [7, 11) is 0. The number of unbranched alkanes of at least 4 members (excludes halogenated alkanes) is 1. The molecule has 0 saturated carbocycles. The molecule has 0 heterocycles. The van der Waals surface area contributed by atoms with Crippen LogP contribution in [0.1, 0.15) is 37.3 Å². The first-order valence-electron chi connectivity index (χ1n) is 6.20. The Kier molecular flexibility index (Phi) is 3.79. The molecule has 1 aromatic rings. The van der Waals surface area contributed by atoms with Crippen molar-refractivity contribution in [1.82, 2.24) is 5.32 Å². The molecule has 0 fully saturated rings. The van der Waals surface area contributed by atoms with E-state index in [0.29, 0.717) is 6.04 Å². The highest BCUT2D eigenvalue weighted by atomic mass is 14.9.